The number of ether oxygens (including phenoxy) is 3. The molecule has 6 heteroatoms. The lowest BCUT2D eigenvalue weighted by Gasteiger charge is -2.14. The van der Waals surface area contributed by atoms with Crippen LogP contribution in [0.3, 0.4) is 0 Å². The average molecular weight is 397 g/mol. The van der Waals surface area contributed by atoms with E-state index < -0.39 is 5.97 Å². The lowest BCUT2D eigenvalue weighted by molar-refractivity contribution is -0.144. The molecule has 0 radical (unpaired) electrons. The number of hydrogen-bond acceptors (Lipinski definition) is 5. The fourth-order valence-electron chi connectivity index (χ4n) is 2.72. The molecular weight excluding hydrogens is 370 g/mol. The second-order valence-electron chi connectivity index (χ2n) is 6.43. The van der Waals surface area contributed by atoms with Crippen molar-refractivity contribution in [2.45, 2.75) is 26.3 Å². The van der Waals surface area contributed by atoms with Gasteiger partial charge in [-0.3, -0.25) is 4.79 Å². The largest absolute Gasteiger partial charge is 0.497 e. The minimum Gasteiger partial charge on any atom is -0.497 e. The van der Waals surface area contributed by atoms with Crippen molar-refractivity contribution in [3.63, 3.8) is 0 Å². The fraction of sp³-hybridized carbons (Fsp3) is 0.304. The van der Waals surface area contributed by atoms with Crippen LogP contribution >= 0.6 is 0 Å². The summed E-state index contributed by atoms with van der Waals surface area (Å²) in [4.78, 5) is 24.0. The molecule has 0 heterocycles. The van der Waals surface area contributed by atoms with E-state index in [4.69, 9.17) is 14.2 Å². The number of carbonyl (C=O) groups is 2. The van der Waals surface area contributed by atoms with Gasteiger partial charge in [0.1, 0.15) is 11.5 Å². The summed E-state index contributed by atoms with van der Waals surface area (Å²) < 4.78 is 15.4. The summed E-state index contributed by atoms with van der Waals surface area (Å²) >= 11 is 0. The lowest BCUT2D eigenvalue weighted by Crippen LogP contribution is -2.30. The van der Waals surface area contributed by atoms with Crippen molar-refractivity contribution in [3.05, 3.63) is 65.2 Å². The van der Waals surface area contributed by atoms with Crippen LogP contribution in [0.15, 0.2) is 48.5 Å². The average Bonchev–Trinajstić information content (AvgIpc) is 2.75. The smallest absolute Gasteiger partial charge is 0.331 e. The first-order valence-corrected chi connectivity index (χ1v) is 9.41. The summed E-state index contributed by atoms with van der Waals surface area (Å²) in [6, 6.07) is 13.1. The van der Waals surface area contributed by atoms with Gasteiger partial charge in [0.2, 0.25) is 0 Å². The van der Waals surface area contributed by atoms with Crippen LogP contribution in [-0.2, 0) is 20.7 Å². The molecule has 0 saturated carbocycles. The third-order valence-electron chi connectivity index (χ3n) is 4.45. The zero-order chi connectivity index (χ0) is 21.2. The van der Waals surface area contributed by atoms with Gasteiger partial charge in [0, 0.05) is 11.6 Å². The van der Waals surface area contributed by atoms with Gasteiger partial charge in [0.05, 0.1) is 20.3 Å². The van der Waals surface area contributed by atoms with E-state index in [1.807, 2.05) is 31.2 Å². The Hall–Kier alpha value is -3.28. The molecule has 0 aliphatic carbocycles. The Bertz CT molecular complexity index is 858. The molecule has 1 atom stereocenters. The number of esters is 1. The van der Waals surface area contributed by atoms with Gasteiger partial charge in [-0.1, -0.05) is 31.2 Å². The van der Waals surface area contributed by atoms with Gasteiger partial charge >= 0.3 is 5.97 Å². The van der Waals surface area contributed by atoms with E-state index in [1.54, 1.807) is 38.5 Å². The van der Waals surface area contributed by atoms with Crippen LogP contribution in [0.5, 0.6) is 11.5 Å². The maximum absolute atomic E-state index is 12.1. The van der Waals surface area contributed by atoms with Gasteiger partial charge < -0.3 is 19.5 Å². The summed E-state index contributed by atoms with van der Waals surface area (Å²) in [5.74, 6) is 0.248. The summed E-state index contributed by atoms with van der Waals surface area (Å²) in [5.41, 5.74) is 2.89. The van der Waals surface area contributed by atoms with Crippen LogP contribution in [0, 0.1) is 0 Å². The normalized spacial score (nSPS) is 11.7. The molecular formula is C23H27NO5. The highest BCUT2D eigenvalue weighted by Gasteiger charge is 2.11. The summed E-state index contributed by atoms with van der Waals surface area (Å²) in [7, 11) is 3.10. The van der Waals surface area contributed by atoms with Gasteiger partial charge in [-0.25, -0.2) is 4.79 Å². The topological polar surface area (TPSA) is 73.9 Å². The van der Waals surface area contributed by atoms with E-state index >= 15 is 0 Å². The van der Waals surface area contributed by atoms with Gasteiger partial charge in [-0.15, -0.1) is 0 Å². The quantitative estimate of drug-likeness (QED) is 0.516. The molecule has 1 amide bonds. The highest BCUT2D eigenvalue weighted by Crippen LogP contribution is 2.25. The van der Waals surface area contributed by atoms with Crippen LogP contribution in [0.4, 0.5) is 0 Å². The number of nitrogens with one attached hydrogen (secondary N) is 1. The number of rotatable bonds is 9. The van der Waals surface area contributed by atoms with Gasteiger partial charge in [0.25, 0.3) is 5.91 Å². The van der Waals surface area contributed by atoms with Crippen molar-refractivity contribution in [2.24, 2.45) is 0 Å². The fourth-order valence-corrected chi connectivity index (χ4v) is 2.72. The van der Waals surface area contributed by atoms with E-state index in [-0.39, 0.29) is 18.6 Å². The number of carbonyl (C=O) groups excluding carboxylic acids is 2. The zero-order valence-electron chi connectivity index (χ0n) is 17.2. The molecule has 1 N–H and O–H groups in total. The standard InChI is InChI=1S/C23H27NO5/c1-5-17-6-8-18(9-7-17)16(2)24-22(25)15-29-23(26)13-10-19-14-20(27-3)11-12-21(19)28-4/h6-14,16H,5,15H2,1-4H3,(H,24,25)/b13-10+/t16-/m1/s1. The highest BCUT2D eigenvalue weighted by molar-refractivity contribution is 5.89. The highest BCUT2D eigenvalue weighted by atomic mass is 16.5. The summed E-state index contributed by atoms with van der Waals surface area (Å²) in [5, 5.41) is 2.82. The minimum atomic E-state index is -0.620. The van der Waals surface area contributed by atoms with Crippen LogP contribution in [0.1, 0.15) is 36.6 Å². The molecule has 2 aromatic rings. The predicted octanol–water partition coefficient (Wildman–Crippen LogP) is 3.70. The minimum absolute atomic E-state index is 0.177. The first-order chi connectivity index (χ1) is 14.0. The van der Waals surface area contributed by atoms with Crippen LogP contribution in [0.2, 0.25) is 0 Å². The van der Waals surface area contributed by atoms with Crippen LogP contribution < -0.4 is 14.8 Å². The lowest BCUT2D eigenvalue weighted by atomic mass is 10.1. The molecule has 2 aromatic carbocycles. The van der Waals surface area contributed by atoms with Gasteiger partial charge in [-0.05, 0) is 48.7 Å². The Labute approximate surface area is 171 Å². The molecule has 0 spiro atoms. The first kappa shape index (κ1) is 22.0. The molecule has 0 unspecified atom stereocenters. The van der Waals surface area contributed by atoms with E-state index in [9.17, 15) is 9.59 Å². The third-order valence-corrected chi connectivity index (χ3v) is 4.45. The SMILES string of the molecule is CCc1ccc([C@@H](C)NC(=O)COC(=O)/C=C/c2cc(OC)ccc2OC)cc1. The summed E-state index contributed by atoms with van der Waals surface area (Å²) in [6.45, 7) is 3.62. The molecule has 154 valence electrons. The Morgan fingerprint density at radius 1 is 1.07 bits per heavy atom. The molecule has 6 nitrogen and oxygen atoms in total. The number of amides is 1. The molecule has 0 fully saturated rings. The van der Waals surface area contributed by atoms with Gasteiger partial charge in [-0.2, -0.15) is 0 Å². The molecule has 29 heavy (non-hydrogen) atoms. The second-order valence-corrected chi connectivity index (χ2v) is 6.43. The van der Waals surface area contributed by atoms with Crippen LogP contribution in [0.25, 0.3) is 6.08 Å². The molecule has 0 aliphatic rings. The number of benzene rings is 2. The summed E-state index contributed by atoms with van der Waals surface area (Å²) in [6.07, 6.45) is 3.77. The first-order valence-electron chi connectivity index (χ1n) is 9.41. The Balaban J connectivity index is 1.86. The van der Waals surface area contributed by atoms with Gasteiger partial charge in [0.15, 0.2) is 6.61 Å². The van der Waals surface area contributed by atoms with E-state index in [0.717, 1.165) is 12.0 Å². The number of methoxy groups -OCH3 is 2. The van der Waals surface area contributed by atoms with E-state index in [0.29, 0.717) is 17.1 Å². The van der Waals surface area contributed by atoms with Crippen molar-refractivity contribution >= 4 is 18.0 Å². The molecule has 0 aromatic heterocycles. The molecule has 2 rings (SSSR count). The van der Waals surface area contributed by atoms with Crippen LogP contribution in [-0.4, -0.2) is 32.7 Å². The van der Waals surface area contributed by atoms with E-state index in [1.165, 1.54) is 11.6 Å². The Kier molecular flexibility index (Phi) is 8.27. The maximum atomic E-state index is 12.1. The van der Waals surface area contributed by atoms with Crippen molar-refractivity contribution < 1.29 is 23.8 Å². The Morgan fingerprint density at radius 2 is 1.79 bits per heavy atom. The molecule has 0 aliphatic heterocycles. The number of hydrogen-bond donors (Lipinski definition) is 1. The monoisotopic (exact) mass is 397 g/mol. The van der Waals surface area contributed by atoms with Crippen molar-refractivity contribution in [3.8, 4) is 11.5 Å². The predicted molar refractivity (Wildman–Crippen MR) is 112 cm³/mol. The second kappa shape index (κ2) is 10.9. The molecule has 0 bridgehead atoms. The molecule has 0 saturated heterocycles. The van der Waals surface area contributed by atoms with Crippen molar-refractivity contribution in [1.29, 1.82) is 0 Å². The van der Waals surface area contributed by atoms with E-state index in [2.05, 4.69) is 12.2 Å². The number of aryl methyl sites for hydroxylation is 1. The van der Waals surface area contributed by atoms with Crippen molar-refractivity contribution in [1.82, 2.24) is 5.32 Å². The zero-order valence-corrected chi connectivity index (χ0v) is 17.2. The third kappa shape index (κ3) is 6.68. The van der Waals surface area contributed by atoms with Crippen molar-refractivity contribution in [2.75, 3.05) is 20.8 Å². The Morgan fingerprint density at radius 3 is 2.41 bits per heavy atom. The maximum Gasteiger partial charge on any atom is 0.331 e.